The first-order valence-electron chi connectivity index (χ1n) is 9.57. The van der Waals surface area contributed by atoms with E-state index in [1.807, 2.05) is 42.7 Å². The first kappa shape index (κ1) is 19.8. The molecule has 3 aromatic rings. The molecule has 1 aliphatic rings. The molecule has 0 N–H and O–H groups in total. The topological polar surface area (TPSA) is 63.4 Å². The highest BCUT2D eigenvalue weighted by molar-refractivity contribution is 7.15. The van der Waals surface area contributed by atoms with Crippen molar-refractivity contribution in [2.45, 2.75) is 40.5 Å². The summed E-state index contributed by atoms with van der Waals surface area (Å²) in [6.07, 6.45) is 1.31. The fourth-order valence-corrected chi connectivity index (χ4v) is 4.79. The van der Waals surface area contributed by atoms with Crippen molar-refractivity contribution < 1.29 is 4.79 Å². The molecule has 1 aliphatic heterocycles. The molecule has 0 spiro atoms. The lowest BCUT2D eigenvalue weighted by molar-refractivity contribution is -0.117. The summed E-state index contributed by atoms with van der Waals surface area (Å²) in [4.78, 5) is 13.7. The van der Waals surface area contributed by atoms with E-state index in [2.05, 4.69) is 24.0 Å². The minimum atomic E-state index is 0.122. The quantitative estimate of drug-likeness (QED) is 0.583. The fourth-order valence-electron chi connectivity index (χ4n) is 3.46. The van der Waals surface area contributed by atoms with Gasteiger partial charge in [-0.1, -0.05) is 30.7 Å². The summed E-state index contributed by atoms with van der Waals surface area (Å²) in [5, 5.41) is 16.9. The second-order valence-electron chi connectivity index (χ2n) is 7.15. The number of Topliss-reactive ketones (excluding diaryl/α,β-unsaturated/α-hetero) is 1. The largest absolute Gasteiger partial charge is 0.298 e. The zero-order valence-corrected chi connectivity index (χ0v) is 18.4. The van der Waals surface area contributed by atoms with Gasteiger partial charge in [-0.15, -0.1) is 21.5 Å². The van der Waals surface area contributed by atoms with Crippen LogP contribution in [-0.2, 0) is 4.79 Å². The summed E-state index contributed by atoms with van der Waals surface area (Å²) >= 11 is 7.80. The van der Waals surface area contributed by atoms with Crippen molar-refractivity contribution in [1.82, 2.24) is 14.8 Å². The Bertz CT molecular complexity index is 1110. The van der Waals surface area contributed by atoms with Gasteiger partial charge in [0.15, 0.2) is 5.78 Å². The minimum absolute atomic E-state index is 0.122. The van der Waals surface area contributed by atoms with Crippen LogP contribution in [0.25, 0.3) is 5.00 Å². The van der Waals surface area contributed by atoms with Gasteiger partial charge in [-0.2, -0.15) is 5.10 Å². The van der Waals surface area contributed by atoms with E-state index in [9.17, 15) is 4.79 Å². The van der Waals surface area contributed by atoms with Gasteiger partial charge in [0.2, 0.25) is 0 Å². The molecule has 3 heterocycles. The lowest BCUT2D eigenvalue weighted by Crippen LogP contribution is -2.27. The molecule has 0 radical (unpaired) electrons. The Labute approximate surface area is 178 Å². The van der Waals surface area contributed by atoms with Crippen LogP contribution in [0, 0.1) is 20.8 Å². The van der Waals surface area contributed by atoms with Gasteiger partial charge in [0.25, 0.3) is 5.95 Å². The van der Waals surface area contributed by atoms with Crippen LogP contribution in [0.15, 0.2) is 29.4 Å². The third-order valence-electron chi connectivity index (χ3n) is 5.04. The van der Waals surface area contributed by atoms with Gasteiger partial charge in [-0.05, 0) is 44.9 Å². The Kier molecular flexibility index (Phi) is 5.27. The summed E-state index contributed by atoms with van der Waals surface area (Å²) in [7, 11) is 0. The first-order chi connectivity index (χ1) is 13.9. The highest BCUT2D eigenvalue weighted by Gasteiger charge is 2.30. The maximum absolute atomic E-state index is 12.5. The average Bonchev–Trinajstić information content (AvgIpc) is 3.15. The molecular weight excluding hydrogens is 406 g/mol. The Morgan fingerprint density at radius 1 is 1.14 bits per heavy atom. The SMILES string of the molecule is CCCC(=O)CN1N=C(c2ccc(Cl)cc2)c2c(sc(C)c2C)-n2c(C)nnc21. The van der Waals surface area contributed by atoms with Crippen molar-refractivity contribution in [1.29, 1.82) is 0 Å². The van der Waals surface area contributed by atoms with E-state index in [1.54, 1.807) is 16.3 Å². The average molecular weight is 428 g/mol. The Morgan fingerprint density at radius 2 is 1.86 bits per heavy atom. The highest BCUT2D eigenvalue weighted by Crippen LogP contribution is 2.38. The van der Waals surface area contributed by atoms with Crippen molar-refractivity contribution >= 4 is 40.4 Å². The van der Waals surface area contributed by atoms with E-state index >= 15 is 0 Å². The summed E-state index contributed by atoms with van der Waals surface area (Å²) in [5.41, 5.74) is 3.97. The van der Waals surface area contributed by atoms with Gasteiger partial charge in [0.1, 0.15) is 23.1 Å². The third kappa shape index (κ3) is 3.49. The molecule has 0 atom stereocenters. The van der Waals surface area contributed by atoms with Gasteiger partial charge >= 0.3 is 0 Å². The van der Waals surface area contributed by atoms with Crippen molar-refractivity contribution in [2.24, 2.45) is 5.10 Å². The summed E-state index contributed by atoms with van der Waals surface area (Å²) in [6, 6.07) is 7.64. The van der Waals surface area contributed by atoms with E-state index in [-0.39, 0.29) is 12.3 Å². The molecule has 6 nitrogen and oxygen atoms in total. The Morgan fingerprint density at radius 3 is 2.55 bits per heavy atom. The molecule has 0 unspecified atom stereocenters. The number of carbonyl (C=O) groups is 1. The number of nitrogens with zero attached hydrogens (tertiary/aromatic N) is 5. The van der Waals surface area contributed by atoms with Crippen LogP contribution in [-0.4, -0.2) is 32.8 Å². The van der Waals surface area contributed by atoms with Gasteiger partial charge in [-0.3, -0.25) is 9.36 Å². The number of benzene rings is 1. The molecule has 0 fully saturated rings. The first-order valence-corrected chi connectivity index (χ1v) is 10.8. The number of hydrogen-bond acceptors (Lipinski definition) is 6. The summed E-state index contributed by atoms with van der Waals surface area (Å²) in [6.45, 7) is 8.29. The number of carbonyl (C=O) groups excluding carboxylic acids is 1. The second kappa shape index (κ2) is 7.72. The minimum Gasteiger partial charge on any atom is -0.298 e. The number of fused-ring (bicyclic) bond motifs is 3. The van der Waals surface area contributed by atoms with Crippen LogP contribution in [0.4, 0.5) is 5.95 Å². The molecule has 1 aromatic carbocycles. The van der Waals surface area contributed by atoms with Gasteiger partial charge in [0, 0.05) is 27.4 Å². The van der Waals surface area contributed by atoms with Crippen molar-refractivity contribution in [2.75, 3.05) is 11.6 Å². The molecule has 8 heteroatoms. The molecule has 0 aliphatic carbocycles. The normalized spacial score (nSPS) is 13.0. The third-order valence-corrected chi connectivity index (χ3v) is 6.48. The van der Waals surface area contributed by atoms with Crippen LogP contribution in [0.2, 0.25) is 5.02 Å². The monoisotopic (exact) mass is 427 g/mol. The van der Waals surface area contributed by atoms with E-state index in [0.29, 0.717) is 17.4 Å². The zero-order chi connectivity index (χ0) is 20.7. The van der Waals surface area contributed by atoms with E-state index < -0.39 is 0 Å². The standard InChI is InChI=1S/C21H22ClN5OS/c1-5-6-17(28)11-26-21-24-23-14(4)27(21)20-18(12(2)13(3)29-20)19(25-26)15-7-9-16(22)10-8-15/h7-10H,5-6,11H2,1-4H3. The molecule has 4 rings (SSSR count). The van der Waals surface area contributed by atoms with Crippen molar-refractivity contribution in [3.63, 3.8) is 0 Å². The molecular formula is C21H22ClN5OS. The van der Waals surface area contributed by atoms with Crippen LogP contribution in [0.1, 0.15) is 47.2 Å². The Hall–Kier alpha value is -2.51. The molecule has 150 valence electrons. The molecule has 0 amide bonds. The number of halogens is 1. The molecule has 0 saturated carbocycles. The second-order valence-corrected chi connectivity index (χ2v) is 8.79. The van der Waals surface area contributed by atoms with Crippen molar-refractivity contribution in [3.05, 3.63) is 56.7 Å². The van der Waals surface area contributed by atoms with Gasteiger partial charge in [0.05, 0.1) is 0 Å². The predicted octanol–water partition coefficient (Wildman–Crippen LogP) is 4.85. The fraction of sp³-hybridized carbons (Fsp3) is 0.333. The van der Waals surface area contributed by atoms with Crippen LogP contribution >= 0.6 is 22.9 Å². The summed E-state index contributed by atoms with van der Waals surface area (Å²) in [5.74, 6) is 1.46. The number of ketones is 1. The summed E-state index contributed by atoms with van der Waals surface area (Å²) < 4.78 is 2.01. The van der Waals surface area contributed by atoms with E-state index in [4.69, 9.17) is 16.7 Å². The lowest BCUT2D eigenvalue weighted by Gasteiger charge is -2.17. The number of anilines is 1. The van der Waals surface area contributed by atoms with Crippen LogP contribution in [0.3, 0.4) is 0 Å². The van der Waals surface area contributed by atoms with E-state index in [0.717, 1.165) is 34.1 Å². The maximum atomic E-state index is 12.5. The lowest BCUT2D eigenvalue weighted by atomic mass is 10.00. The number of hydrogen-bond donors (Lipinski definition) is 0. The smallest absolute Gasteiger partial charge is 0.253 e. The highest BCUT2D eigenvalue weighted by atomic mass is 35.5. The van der Waals surface area contributed by atoms with Crippen LogP contribution in [0.5, 0.6) is 0 Å². The van der Waals surface area contributed by atoms with Gasteiger partial charge < -0.3 is 0 Å². The maximum Gasteiger partial charge on any atom is 0.253 e. The zero-order valence-electron chi connectivity index (χ0n) is 16.9. The number of aryl methyl sites for hydroxylation is 2. The predicted molar refractivity (Wildman–Crippen MR) is 118 cm³/mol. The molecule has 0 bridgehead atoms. The Balaban J connectivity index is 1.96. The molecule has 0 saturated heterocycles. The van der Waals surface area contributed by atoms with Crippen molar-refractivity contribution in [3.8, 4) is 5.00 Å². The number of aromatic nitrogens is 3. The van der Waals surface area contributed by atoms with Gasteiger partial charge in [-0.25, -0.2) is 5.01 Å². The number of rotatable bonds is 5. The van der Waals surface area contributed by atoms with E-state index in [1.165, 1.54) is 10.4 Å². The number of hydrazone groups is 1. The molecule has 2 aromatic heterocycles. The molecule has 29 heavy (non-hydrogen) atoms. The number of thiophene rings is 1. The van der Waals surface area contributed by atoms with Crippen LogP contribution < -0.4 is 5.01 Å².